The van der Waals surface area contributed by atoms with Crippen molar-refractivity contribution in [2.24, 2.45) is 11.8 Å². The lowest BCUT2D eigenvalue weighted by Crippen LogP contribution is -2.51. The number of imidazole rings is 1. The van der Waals surface area contributed by atoms with Gasteiger partial charge in [0.25, 0.3) is 5.91 Å². The molecule has 2 aliphatic rings. The van der Waals surface area contributed by atoms with Crippen LogP contribution in [-0.4, -0.2) is 101 Å². The van der Waals surface area contributed by atoms with Gasteiger partial charge in [0.05, 0.1) is 41.3 Å². The summed E-state index contributed by atoms with van der Waals surface area (Å²) in [7, 11) is 1.24. The van der Waals surface area contributed by atoms with Crippen LogP contribution in [0, 0.1) is 11.8 Å². The summed E-state index contributed by atoms with van der Waals surface area (Å²) < 4.78 is 50.2. The number of aromatic nitrogens is 3. The Hall–Kier alpha value is -5.84. The average molecular weight is 825 g/mol. The molecular formula is C40H44ClF3N8O6. The zero-order chi connectivity index (χ0) is 41.9. The van der Waals surface area contributed by atoms with E-state index in [1.807, 2.05) is 32.6 Å². The summed E-state index contributed by atoms with van der Waals surface area (Å²) in [5.74, 6) is -0.337. The third kappa shape index (κ3) is 9.47. The number of methoxy groups -OCH3 is 1. The van der Waals surface area contributed by atoms with E-state index in [1.54, 1.807) is 52.4 Å². The number of rotatable bonds is 11. The van der Waals surface area contributed by atoms with Gasteiger partial charge < -0.3 is 39.8 Å². The van der Waals surface area contributed by atoms with Crippen LogP contribution >= 0.6 is 11.6 Å². The van der Waals surface area contributed by atoms with Gasteiger partial charge in [-0.15, -0.1) is 13.2 Å². The summed E-state index contributed by atoms with van der Waals surface area (Å²) in [6.07, 6.45) is -1.32. The molecule has 2 aromatic carbocycles. The van der Waals surface area contributed by atoms with Crippen LogP contribution in [0.4, 0.5) is 29.5 Å². The number of nitrogens with one attached hydrogen (secondary N) is 3. The van der Waals surface area contributed by atoms with Gasteiger partial charge >= 0.3 is 12.5 Å². The molecule has 18 heteroatoms. The van der Waals surface area contributed by atoms with E-state index in [1.165, 1.54) is 19.4 Å². The number of hydrogen-bond donors (Lipinski definition) is 3. The highest BCUT2D eigenvalue weighted by Crippen LogP contribution is 2.41. The maximum Gasteiger partial charge on any atom is 0.573 e. The summed E-state index contributed by atoms with van der Waals surface area (Å²) in [4.78, 5) is 67.7. The lowest BCUT2D eigenvalue weighted by Gasteiger charge is -2.39. The van der Waals surface area contributed by atoms with Gasteiger partial charge in [-0.25, -0.2) is 14.8 Å². The van der Waals surface area contributed by atoms with E-state index in [4.69, 9.17) is 16.3 Å². The normalized spacial score (nSPS) is 18.9. The number of halogens is 4. The molecule has 0 saturated carbocycles. The number of nitrogens with zero attached hydrogens (tertiary/aromatic N) is 5. The largest absolute Gasteiger partial charge is 0.573 e. The van der Waals surface area contributed by atoms with E-state index in [9.17, 15) is 32.3 Å². The second kappa shape index (κ2) is 17.3. The predicted octanol–water partition coefficient (Wildman–Crippen LogP) is 6.90. The van der Waals surface area contributed by atoms with Crippen molar-refractivity contribution in [3.63, 3.8) is 0 Å². The molecule has 2 fully saturated rings. The van der Waals surface area contributed by atoms with Crippen molar-refractivity contribution in [1.29, 1.82) is 0 Å². The Kier molecular flexibility index (Phi) is 12.5. The number of hydrogen-bond acceptors (Lipinski definition) is 9. The molecule has 6 rings (SSSR count). The molecule has 14 nitrogen and oxygen atoms in total. The van der Waals surface area contributed by atoms with Gasteiger partial charge in [-0.05, 0) is 54.5 Å². The predicted molar refractivity (Wildman–Crippen MR) is 210 cm³/mol. The second-order valence-electron chi connectivity index (χ2n) is 14.8. The molecule has 308 valence electrons. The molecule has 0 unspecified atom stereocenters. The summed E-state index contributed by atoms with van der Waals surface area (Å²) in [6, 6.07) is 11.0. The highest BCUT2D eigenvalue weighted by molar-refractivity contribution is 6.34. The van der Waals surface area contributed by atoms with Gasteiger partial charge in [0, 0.05) is 50.0 Å². The van der Waals surface area contributed by atoms with Gasteiger partial charge in [0.2, 0.25) is 12.3 Å². The molecule has 0 aliphatic carbocycles. The maximum absolute atomic E-state index is 13.7. The molecule has 2 saturated heterocycles. The quantitative estimate of drug-likeness (QED) is 0.137. The molecule has 0 spiro atoms. The first-order valence-electron chi connectivity index (χ1n) is 18.7. The summed E-state index contributed by atoms with van der Waals surface area (Å²) >= 11 is 6.56. The number of H-pyrrole nitrogens is 1. The third-order valence-electron chi connectivity index (χ3n) is 10.3. The standard InChI is InChI=1S/C40H44ClF3N8O6/c1-22(2)35(49-39(56)57-5)38(55)52-19-23(3)14-32(52)36-46-18-31(47-36)26-8-6-25(7-9-26)28-15-29(41)30(16-33(28)58-40(42,43)44)48-37(54)27-10-11-34(45-17-27)51-13-12-50(21-53)20-24(51)4/h6-11,15-18,21-24,32,35H,12-14,19-20H2,1-5H3,(H,46,47)(H,48,54)(H,49,56)/t23-,24+,32-,35-/m0/s1. The topological polar surface area (TPSA) is 162 Å². The minimum Gasteiger partial charge on any atom is -0.453 e. The van der Waals surface area contributed by atoms with E-state index in [0.717, 1.165) is 12.5 Å². The monoisotopic (exact) mass is 824 g/mol. The highest BCUT2D eigenvalue weighted by atomic mass is 35.5. The molecule has 4 amide bonds. The highest BCUT2D eigenvalue weighted by Gasteiger charge is 2.40. The molecule has 58 heavy (non-hydrogen) atoms. The average Bonchev–Trinajstić information content (AvgIpc) is 3.84. The van der Waals surface area contributed by atoms with Crippen LogP contribution in [0.5, 0.6) is 5.75 Å². The first kappa shape index (κ1) is 41.8. The van der Waals surface area contributed by atoms with Gasteiger partial charge in [-0.2, -0.15) is 0 Å². The van der Waals surface area contributed by atoms with Crippen LogP contribution in [0.2, 0.25) is 5.02 Å². The van der Waals surface area contributed by atoms with Gasteiger partial charge in [0.15, 0.2) is 0 Å². The van der Waals surface area contributed by atoms with Crippen molar-refractivity contribution >= 4 is 47.4 Å². The summed E-state index contributed by atoms with van der Waals surface area (Å²) in [5, 5.41) is 5.18. The zero-order valence-electron chi connectivity index (χ0n) is 32.5. The van der Waals surface area contributed by atoms with Crippen molar-refractivity contribution in [2.45, 2.75) is 58.6 Å². The molecule has 4 heterocycles. The Morgan fingerprint density at radius 3 is 2.34 bits per heavy atom. The number of anilines is 2. The van der Waals surface area contributed by atoms with E-state index in [2.05, 4.69) is 30.3 Å². The van der Waals surface area contributed by atoms with Gasteiger partial charge in [-0.1, -0.05) is 56.6 Å². The Balaban J connectivity index is 1.19. The fraction of sp³-hybridized carbons (Fsp3) is 0.400. The number of alkyl carbamates (subject to hydrolysis) is 1. The van der Waals surface area contributed by atoms with E-state index in [-0.39, 0.29) is 51.7 Å². The van der Waals surface area contributed by atoms with Crippen LogP contribution in [0.15, 0.2) is 60.9 Å². The van der Waals surface area contributed by atoms with E-state index < -0.39 is 30.2 Å². The molecule has 2 aliphatic heterocycles. The molecule has 4 aromatic rings. The number of alkyl halides is 3. The van der Waals surface area contributed by atoms with Crippen LogP contribution in [0.1, 0.15) is 56.3 Å². The van der Waals surface area contributed by atoms with Crippen molar-refractivity contribution < 1.29 is 41.8 Å². The number of benzene rings is 2. The van der Waals surface area contributed by atoms with Crippen LogP contribution in [0.3, 0.4) is 0 Å². The van der Waals surface area contributed by atoms with Crippen LogP contribution < -0.4 is 20.3 Å². The lowest BCUT2D eigenvalue weighted by atomic mass is 10.0. The van der Waals surface area contributed by atoms with Crippen molar-refractivity contribution in [3.8, 4) is 28.1 Å². The number of carbonyl (C=O) groups is 4. The van der Waals surface area contributed by atoms with Gasteiger partial charge in [0.1, 0.15) is 23.4 Å². The fourth-order valence-corrected chi connectivity index (χ4v) is 7.51. The Morgan fingerprint density at radius 1 is 1.00 bits per heavy atom. The first-order chi connectivity index (χ1) is 27.5. The smallest absolute Gasteiger partial charge is 0.453 e. The Labute approximate surface area is 338 Å². The minimum absolute atomic E-state index is 0.00326. The molecule has 0 radical (unpaired) electrons. The molecule has 2 aromatic heterocycles. The maximum atomic E-state index is 13.7. The number of ether oxygens (including phenoxy) is 2. The van der Waals surface area contributed by atoms with E-state index >= 15 is 0 Å². The van der Waals surface area contributed by atoms with Crippen molar-refractivity contribution in [3.05, 3.63) is 77.3 Å². The van der Waals surface area contributed by atoms with Crippen molar-refractivity contribution in [1.82, 2.24) is 30.1 Å². The third-order valence-corrected chi connectivity index (χ3v) is 10.6. The van der Waals surface area contributed by atoms with Crippen molar-refractivity contribution in [2.75, 3.05) is 43.5 Å². The number of likely N-dealkylation sites (tertiary alicyclic amines) is 1. The summed E-state index contributed by atoms with van der Waals surface area (Å²) in [6.45, 7) is 9.77. The zero-order valence-corrected chi connectivity index (χ0v) is 33.2. The van der Waals surface area contributed by atoms with Crippen LogP contribution in [0.25, 0.3) is 22.4 Å². The molecule has 0 bridgehead atoms. The second-order valence-corrected chi connectivity index (χ2v) is 15.2. The van der Waals surface area contributed by atoms with E-state index in [0.29, 0.717) is 61.1 Å². The number of carbonyl (C=O) groups excluding carboxylic acids is 4. The molecular weight excluding hydrogens is 781 g/mol. The Bertz CT molecular complexity index is 2130. The van der Waals surface area contributed by atoms with Crippen LogP contribution in [-0.2, 0) is 14.3 Å². The lowest BCUT2D eigenvalue weighted by molar-refractivity contribution is -0.274. The number of piperazine rings is 1. The number of aromatic amines is 1. The Morgan fingerprint density at radius 2 is 1.72 bits per heavy atom. The fourth-order valence-electron chi connectivity index (χ4n) is 7.30. The SMILES string of the molecule is COC(=O)N[C@H](C(=O)N1C[C@@H](C)C[C@H]1c1ncc(-c2ccc(-c3cc(Cl)c(NC(=O)c4ccc(N5CCN(C=O)C[C@H]5C)nc4)cc3OC(F)(F)F)cc2)[nH]1)C(C)C. The first-order valence-corrected chi connectivity index (χ1v) is 19.1. The number of amides is 4. The minimum atomic E-state index is -5.05. The molecule has 4 atom stereocenters. The molecule has 3 N–H and O–H groups in total. The summed E-state index contributed by atoms with van der Waals surface area (Å²) in [5.41, 5.74) is 1.71. The number of pyridine rings is 1. The van der Waals surface area contributed by atoms with Gasteiger partial charge in [-0.3, -0.25) is 14.4 Å².